The quantitative estimate of drug-likeness (QED) is 0.558. The van der Waals surface area contributed by atoms with Crippen molar-refractivity contribution < 1.29 is 9.90 Å². The summed E-state index contributed by atoms with van der Waals surface area (Å²) in [5.74, 6) is 0.831. The molecule has 0 unspecified atom stereocenters. The number of nitrogens with zero attached hydrogens (tertiary/aromatic N) is 1. The Labute approximate surface area is 146 Å². The van der Waals surface area contributed by atoms with E-state index in [1.54, 1.807) is 18.3 Å². The Morgan fingerprint density at radius 2 is 2.09 bits per heavy atom. The maximum Gasteiger partial charge on any atom is 0.244 e. The van der Waals surface area contributed by atoms with Gasteiger partial charge in [0.15, 0.2) is 0 Å². The number of phenols is 1. The van der Waals surface area contributed by atoms with Gasteiger partial charge in [-0.25, -0.2) is 5.43 Å². The number of carbonyl (C=O) groups excluding carboxylic acids is 1. The van der Waals surface area contributed by atoms with Gasteiger partial charge in [-0.15, -0.1) is 0 Å². The summed E-state index contributed by atoms with van der Waals surface area (Å²) in [6, 6.07) is 3.49. The molecule has 6 heteroatoms. The lowest BCUT2D eigenvalue weighted by molar-refractivity contribution is -0.123. The van der Waals surface area contributed by atoms with Gasteiger partial charge in [0.05, 0.1) is 15.2 Å². The largest absolute Gasteiger partial charge is 0.506 e. The molecule has 0 heterocycles. The van der Waals surface area contributed by atoms with Crippen LogP contribution in [-0.2, 0) is 4.79 Å². The van der Waals surface area contributed by atoms with E-state index in [1.807, 2.05) is 0 Å². The summed E-state index contributed by atoms with van der Waals surface area (Å²) in [5, 5.41) is 13.7. The molecule has 1 aromatic carbocycles. The molecule has 2 aliphatic rings. The zero-order valence-electron chi connectivity index (χ0n) is 12.3. The molecule has 1 aromatic rings. The Bertz CT molecular complexity index is 624. The van der Waals surface area contributed by atoms with Crippen LogP contribution in [0.2, 0.25) is 0 Å². The van der Waals surface area contributed by atoms with Crippen LogP contribution in [0.3, 0.4) is 0 Å². The summed E-state index contributed by atoms with van der Waals surface area (Å²) in [6.07, 6.45) is 6.37. The third-order valence-corrected chi connectivity index (χ3v) is 6.25. The molecule has 4 nitrogen and oxygen atoms in total. The fraction of sp³-hybridized carbons (Fsp3) is 0.500. The Kier molecular flexibility index (Phi) is 4.34. The van der Waals surface area contributed by atoms with Crippen LogP contribution < -0.4 is 5.43 Å². The highest BCUT2D eigenvalue weighted by Gasteiger charge is 2.64. The number of nitrogens with one attached hydrogen (secondary N) is 1. The molecular formula is C16H18Br2N2O2. The van der Waals surface area contributed by atoms with Crippen molar-refractivity contribution in [1.29, 1.82) is 0 Å². The van der Waals surface area contributed by atoms with Crippen LogP contribution in [0.15, 0.2) is 26.2 Å². The van der Waals surface area contributed by atoms with E-state index >= 15 is 0 Å². The lowest BCUT2D eigenvalue weighted by Crippen LogP contribution is -2.22. The zero-order valence-corrected chi connectivity index (χ0v) is 15.4. The molecule has 0 radical (unpaired) electrons. The van der Waals surface area contributed by atoms with Gasteiger partial charge in [0.2, 0.25) is 5.91 Å². The first-order chi connectivity index (χ1) is 10.4. The predicted octanol–water partition coefficient (Wildman–Crippen LogP) is 4.19. The maximum absolute atomic E-state index is 12.3. The monoisotopic (exact) mass is 428 g/mol. The van der Waals surface area contributed by atoms with Crippen LogP contribution in [0.1, 0.15) is 38.2 Å². The normalized spacial score (nSPS) is 30.1. The standard InChI is InChI=1S/C16H18Br2N2O2/c1-16-5-3-2-4-10(16)13(16)15(22)20-19-8-9-6-11(17)14(21)12(18)7-9/h6-8,10,13,21H,2-5H2,1H3,(H,20,22)/b19-8-/t10-,13+,16-/m0/s1. The number of rotatable bonds is 3. The van der Waals surface area contributed by atoms with Gasteiger partial charge in [-0.3, -0.25) is 4.79 Å². The number of hydrogen-bond acceptors (Lipinski definition) is 3. The summed E-state index contributed by atoms with van der Waals surface area (Å²) in [4.78, 5) is 12.3. The van der Waals surface area contributed by atoms with E-state index in [9.17, 15) is 9.90 Å². The molecule has 3 atom stereocenters. The fourth-order valence-electron chi connectivity index (χ4n) is 3.75. The van der Waals surface area contributed by atoms with E-state index < -0.39 is 0 Å². The van der Waals surface area contributed by atoms with E-state index in [4.69, 9.17) is 0 Å². The minimum absolute atomic E-state index is 0.0301. The number of fused-ring (bicyclic) bond motifs is 1. The van der Waals surface area contributed by atoms with Crippen molar-refractivity contribution in [2.45, 2.75) is 32.6 Å². The number of halogens is 2. The summed E-state index contributed by atoms with van der Waals surface area (Å²) in [7, 11) is 0. The second-order valence-electron chi connectivity index (χ2n) is 6.40. The van der Waals surface area contributed by atoms with Crippen molar-refractivity contribution in [2.75, 3.05) is 0 Å². The molecule has 0 saturated heterocycles. The van der Waals surface area contributed by atoms with Crippen LogP contribution in [0.25, 0.3) is 0 Å². The molecule has 2 aliphatic carbocycles. The van der Waals surface area contributed by atoms with Gasteiger partial charge in [0.1, 0.15) is 5.75 Å². The molecule has 2 saturated carbocycles. The molecule has 0 aromatic heterocycles. The van der Waals surface area contributed by atoms with Crippen molar-refractivity contribution >= 4 is 44.0 Å². The van der Waals surface area contributed by atoms with Crippen LogP contribution in [0.4, 0.5) is 0 Å². The molecule has 2 N–H and O–H groups in total. The Morgan fingerprint density at radius 3 is 2.68 bits per heavy atom. The number of hydrogen-bond donors (Lipinski definition) is 2. The van der Waals surface area contributed by atoms with Gasteiger partial charge in [-0.1, -0.05) is 19.8 Å². The van der Waals surface area contributed by atoms with Gasteiger partial charge in [0, 0.05) is 5.92 Å². The zero-order chi connectivity index (χ0) is 15.9. The van der Waals surface area contributed by atoms with Crippen molar-refractivity contribution in [3.63, 3.8) is 0 Å². The van der Waals surface area contributed by atoms with E-state index in [-0.39, 0.29) is 23.0 Å². The molecule has 0 spiro atoms. The summed E-state index contributed by atoms with van der Waals surface area (Å²) >= 11 is 6.54. The number of amides is 1. The second kappa shape index (κ2) is 5.96. The highest BCUT2D eigenvalue weighted by molar-refractivity contribution is 9.11. The van der Waals surface area contributed by atoms with Crippen molar-refractivity contribution in [3.05, 3.63) is 26.6 Å². The molecule has 118 valence electrons. The number of phenolic OH excluding ortho intramolecular Hbond substituents is 1. The predicted molar refractivity (Wildman–Crippen MR) is 92.8 cm³/mol. The Balaban J connectivity index is 1.62. The molecular weight excluding hydrogens is 412 g/mol. The van der Waals surface area contributed by atoms with Crippen molar-refractivity contribution in [2.24, 2.45) is 22.4 Å². The van der Waals surface area contributed by atoms with Gasteiger partial charge in [0.25, 0.3) is 0 Å². The molecule has 0 aliphatic heterocycles. The Hall–Kier alpha value is -0.880. The minimum Gasteiger partial charge on any atom is -0.506 e. The van der Waals surface area contributed by atoms with Gasteiger partial charge >= 0.3 is 0 Å². The first-order valence-electron chi connectivity index (χ1n) is 7.44. The van der Waals surface area contributed by atoms with E-state index in [0.29, 0.717) is 14.9 Å². The van der Waals surface area contributed by atoms with Gasteiger partial charge in [-0.05, 0) is 73.7 Å². The van der Waals surface area contributed by atoms with Crippen LogP contribution >= 0.6 is 31.9 Å². The van der Waals surface area contributed by atoms with Gasteiger partial charge < -0.3 is 5.11 Å². The second-order valence-corrected chi connectivity index (χ2v) is 8.11. The minimum atomic E-state index is 0.0301. The third kappa shape index (κ3) is 2.83. The van der Waals surface area contributed by atoms with Crippen LogP contribution in [0, 0.1) is 17.3 Å². The lowest BCUT2D eigenvalue weighted by Gasteiger charge is -2.15. The Morgan fingerprint density at radius 1 is 1.41 bits per heavy atom. The first kappa shape index (κ1) is 16.0. The van der Waals surface area contributed by atoms with Crippen molar-refractivity contribution in [1.82, 2.24) is 5.43 Å². The number of benzene rings is 1. The SMILES string of the molecule is C[C@]12CCCC[C@H]1[C@@H]2C(=O)N/N=C\c1cc(Br)c(O)c(Br)c1. The van der Waals surface area contributed by atoms with E-state index in [0.717, 1.165) is 18.4 Å². The molecule has 2 fully saturated rings. The fourth-order valence-corrected chi connectivity index (χ4v) is 4.97. The first-order valence-corrected chi connectivity index (χ1v) is 9.03. The highest BCUT2D eigenvalue weighted by Crippen LogP contribution is 2.66. The molecule has 0 bridgehead atoms. The third-order valence-electron chi connectivity index (χ3n) is 5.04. The smallest absolute Gasteiger partial charge is 0.244 e. The summed E-state index contributed by atoms with van der Waals surface area (Å²) in [5.41, 5.74) is 3.65. The van der Waals surface area contributed by atoms with Crippen molar-refractivity contribution in [3.8, 4) is 5.75 Å². The maximum atomic E-state index is 12.3. The van der Waals surface area contributed by atoms with Crippen LogP contribution in [0.5, 0.6) is 5.75 Å². The average molecular weight is 430 g/mol. The summed E-state index contributed by atoms with van der Waals surface area (Å²) < 4.78 is 1.16. The van der Waals surface area contributed by atoms with Crippen LogP contribution in [-0.4, -0.2) is 17.2 Å². The molecule has 1 amide bonds. The number of aromatic hydroxyl groups is 1. The number of hydrazone groups is 1. The lowest BCUT2D eigenvalue weighted by atomic mass is 9.90. The topological polar surface area (TPSA) is 61.7 Å². The highest BCUT2D eigenvalue weighted by atomic mass is 79.9. The molecule has 22 heavy (non-hydrogen) atoms. The van der Waals surface area contributed by atoms with Gasteiger partial charge in [-0.2, -0.15) is 5.10 Å². The number of carbonyl (C=O) groups is 1. The summed E-state index contributed by atoms with van der Waals surface area (Å²) in [6.45, 7) is 2.22. The van der Waals surface area contributed by atoms with E-state index in [2.05, 4.69) is 49.3 Å². The molecule has 3 rings (SSSR count). The van der Waals surface area contributed by atoms with E-state index in [1.165, 1.54) is 12.8 Å². The average Bonchev–Trinajstić information content (AvgIpc) is 3.10.